The molecule has 0 radical (unpaired) electrons. The Labute approximate surface area is 148 Å². The maximum absolute atomic E-state index is 12.1. The van der Waals surface area contributed by atoms with E-state index in [1.165, 1.54) is 0 Å². The van der Waals surface area contributed by atoms with Crippen molar-refractivity contribution < 1.29 is 9.32 Å². The van der Waals surface area contributed by atoms with Gasteiger partial charge in [-0.15, -0.1) is 0 Å². The number of aromatic nitrogens is 2. The van der Waals surface area contributed by atoms with Crippen LogP contribution in [0.1, 0.15) is 22.7 Å². The second-order valence-electron chi connectivity index (χ2n) is 5.22. The average Bonchev–Trinajstić information content (AvgIpc) is 3.09. The number of rotatable bonds is 6. The molecule has 1 heterocycles. The van der Waals surface area contributed by atoms with Crippen molar-refractivity contribution in [3.05, 3.63) is 70.5 Å². The fourth-order valence-corrected chi connectivity index (χ4v) is 2.71. The van der Waals surface area contributed by atoms with Crippen molar-refractivity contribution in [3.63, 3.8) is 0 Å². The van der Waals surface area contributed by atoms with Gasteiger partial charge in [-0.3, -0.25) is 4.79 Å². The molecule has 0 saturated carbocycles. The molecule has 0 fully saturated rings. The monoisotopic (exact) mass is 385 g/mol. The highest BCUT2D eigenvalue weighted by molar-refractivity contribution is 9.10. The van der Waals surface area contributed by atoms with E-state index in [1.807, 2.05) is 48.5 Å². The van der Waals surface area contributed by atoms with Crippen LogP contribution in [-0.4, -0.2) is 22.6 Å². The summed E-state index contributed by atoms with van der Waals surface area (Å²) in [4.78, 5) is 16.4. The van der Waals surface area contributed by atoms with Gasteiger partial charge < -0.3 is 9.84 Å². The van der Waals surface area contributed by atoms with Crippen molar-refractivity contribution in [3.8, 4) is 11.4 Å². The lowest BCUT2D eigenvalue weighted by Crippen LogP contribution is -2.25. The lowest BCUT2D eigenvalue weighted by atomic mass is 10.2. The molecule has 3 rings (SSSR count). The van der Waals surface area contributed by atoms with Crippen molar-refractivity contribution in [2.45, 2.75) is 12.8 Å². The SMILES string of the molecule is O=C(NCCCc1nc(-c2ccccc2)no1)c1ccccc1Br. The van der Waals surface area contributed by atoms with Crippen LogP contribution in [0.15, 0.2) is 63.6 Å². The Morgan fingerprint density at radius 2 is 1.83 bits per heavy atom. The van der Waals surface area contributed by atoms with Gasteiger partial charge in [-0.25, -0.2) is 0 Å². The van der Waals surface area contributed by atoms with Gasteiger partial charge in [0.1, 0.15) is 0 Å². The number of carbonyl (C=O) groups is 1. The van der Waals surface area contributed by atoms with Crippen LogP contribution in [0.2, 0.25) is 0 Å². The quantitative estimate of drug-likeness (QED) is 0.654. The Hall–Kier alpha value is -2.47. The minimum Gasteiger partial charge on any atom is -0.352 e. The fourth-order valence-electron chi connectivity index (χ4n) is 2.24. The number of amides is 1. The van der Waals surface area contributed by atoms with Gasteiger partial charge in [-0.2, -0.15) is 4.98 Å². The predicted molar refractivity (Wildman–Crippen MR) is 94.5 cm³/mol. The third kappa shape index (κ3) is 4.08. The molecule has 6 heteroatoms. The minimum absolute atomic E-state index is 0.0991. The van der Waals surface area contributed by atoms with Crippen LogP contribution >= 0.6 is 15.9 Å². The molecule has 0 spiro atoms. The van der Waals surface area contributed by atoms with Gasteiger partial charge >= 0.3 is 0 Å². The molecule has 0 saturated heterocycles. The zero-order chi connectivity index (χ0) is 16.8. The highest BCUT2D eigenvalue weighted by Gasteiger charge is 2.10. The summed E-state index contributed by atoms with van der Waals surface area (Å²) < 4.78 is 6.03. The lowest BCUT2D eigenvalue weighted by Gasteiger charge is -2.05. The molecule has 0 unspecified atom stereocenters. The molecule has 3 aromatic rings. The number of hydrogen-bond acceptors (Lipinski definition) is 4. The summed E-state index contributed by atoms with van der Waals surface area (Å²) in [5, 5.41) is 6.87. The van der Waals surface area contributed by atoms with E-state index >= 15 is 0 Å². The van der Waals surface area contributed by atoms with Crippen LogP contribution in [0.4, 0.5) is 0 Å². The second kappa shape index (κ2) is 7.88. The summed E-state index contributed by atoms with van der Waals surface area (Å²) in [6, 6.07) is 17.0. The Morgan fingerprint density at radius 3 is 2.62 bits per heavy atom. The van der Waals surface area contributed by atoms with E-state index in [4.69, 9.17) is 4.52 Å². The standard InChI is InChI=1S/C18H16BrN3O2/c19-15-10-5-4-9-14(15)18(23)20-12-6-11-16-21-17(22-24-16)13-7-2-1-3-8-13/h1-5,7-10H,6,11-12H2,(H,20,23). The first kappa shape index (κ1) is 16.4. The Bertz CT molecular complexity index is 818. The number of nitrogens with zero attached hydrogens (tertiary/aromatic N) is 2. The zero-order valence-electron chi connectivity index (χ0n) is 12.9. The summed E-state index contributed by atoms with van der Waals surface area (Å²) in [6.45, 7) is 0.545. The summed E-state index contributed by atoms with van der Waals surface area (Å²) in [5.41, 5.74) is 1.55. The molecule has 0 aliphatic heterocycles. The Balaban J connectivity index is 1.48. The van der Waals surface area contributed by atoms with Crippen molar-refractivity contribution >= 4 is 21.8 Å². The summed E-state index contributed by atoms with van der Waals surface area (Å²) >= 11 is 3.37. The second-order valence-corrected chi connectivity index (χ2v) is 6.07. The van der Waals surface area contributed by atoms with Crippen LogP contribution in [-0.2, 0) is 6.42 Å². The molecular weight excluding hydrogens is 370 g/mol. The lowest BCUT2D eigenvalue weighted by molar-refractivity contribution is 0.0952. The van der Waals surface area contributed by atoms with Gasteiger partial charge in [0.05, 0.1) is 5.56 Å². The van der Waals surface area contributed by atoms with Gasteiger partial charge in [0.15, 0.2) is 0 Å². The molecule has 1 amide bonds. The number of benzene rings is 2. The molecule has 1 N–H and O–H groups in total. The predicted octanol–water partition coefficient (Wildman–Crippen LogP) is 3.86. The average molecular weight is 386 g/mol. The zero-order valence-corrected chi connectivity index (χ0v) is 14.5. The van der Waals surface area contributed by atoms with Gasteiger partial charge in [-0.1, -0.05) is 47.6 Å². The number of hydrogen-bond donors (Lipinski definition) is 1. The molecule has 2 aromatic carbocycles. The van der Waals surface area contributed by atoms with Crippen molar-refractivity contribution in [2.75, 3.05) is 6.54 Å². The normalized spacial score (nSPS) is 10.5. The number of nitrogens with one attached hydrogen (secondary N) is 1. The molecule has 24 heavy (non-hydrogen) atoms. The van der Waals surface area contributed by atoms with Gasteiger partial charge in [0.2, 0.25) is 11.7 Å². The first-order valence-electron chi connectivity index (χ1n) is 7.65. The summed E-state index contributed by atoms with van der Waals surface area (Å²) in [7, 11) is 0. The van der Waals surface area contributed by atoms with Crippen molar-refractivity contribution in [1.82, 2.24) is 15.5 Å². The molecule has 0 aliphatic carbocycles. The smallest absolute Gasteiger partial charge is 0.252 e. The summed E-state index contributed by atoms with van der Waals surface area (Å²) in [6.07, 6.45) is 1.35. The van der Waals surface area contributed by atoms with Crippen LogP contribution in [0.3, 0.4) is 0 Å². The van der Waals surface area contributed by atoms with E-state index < -0.39 is 0 Å². The molecule has 5 nitrogen and oxygen atoms in total. The van der Waals surface area contributed by atoms with E-state index in [0.29, 0.717) is 30.2 Å². The van der Waals surface area contributed by atoms with Gasteiger partial charge in [0, 0.05) is 23.0 Å². The third-order valence-electron chi connectivity index (χ3n) is 3.47. The Kier molecular flexibility index (Phi) is 5.38. The third-order valence-corrected chi connectivity index (χ3v) is 4.16. The number of halogens is 1. The van der Waals surface area contributed by atoms with E-state index in [9.17, 15) is 4.79 Å². The number of carbonyl (C=O) groups excluding carboxylic acids is 1. The maximum atomic E-state index is 12.1. The largest absolute Gasteiger partial charge is 0.352 e. The van der Waals surface area contributed by atoms with E-state index in [-0.39, 0.29) is 5.91 Å². The molecule has 0 aliphatic rings. The van der Waals surface area contributed by atoms with Crippen molar-refractivity contribution in [2.24, 2.45) is 0 Å². The van der Waals surface area contributed by atoms with Crippen LogP contribution in [0.25, 0.3) is 11.4 Å². The molecule has 0 atom stereocenters. The molecule has 122 valence electrons. The first-order valence-corrected chi connectivity index (χ1v) is 8.44. The highest BCUT2D eigenvalue weighted by atomic mass is 79.9. The van der Waals surface area contributed by atoms with Crippen LogP contribution < -0.4 is 5.32 Å². The minimum atomic E-state index is -0.0991. The Morgan fingerprint density at radius 1 is 1.08 bits per heavy atom. The van der Waals surface area contributed by atoms with Gasteiger partial charge in [-0.05, 0) is 34.5 Å². The molecular formula is C18H16BrN3O2. The van der Waals surface area contributed by atoms with Crippen LogP contribution in [0.5, 0.6) is 0 Å². The maximum Gasteiger partial charge on any atom is 0.252 e. The highest BCUT2D eigenvalue weighted by Crippen LogP contribution is 2.16. The van der Waals surface area contributed by atoms with Gasteiger partial charge in [0.25, 0.3) is 5.91 Å². The van der Waals surface area contributed by atoms with E-state index in [0.717, 1.165) is 16.5 Å². The molecule has 1 aromatic heterocycles. The molecule has 0 bridgehead atoms. The van der Waals surface area contributed by atoms with E-state index in [2.05, 4.69) is 31.4 Å². The topological polar surface area (TPSA) is 68.0 Å². The summed E-state index contributed by atoms with van der Waals surface area (Å²) in [5.74, 6) is 1.06. The van der Waals surface area contributed by atoms with Crippen molar-refractivity contribution in [1.29, 1.82) is 0 Å². The van der Waals surface area contributed by atoms with Crippen LogP contribution in [0, 0.1) is 0 Å². The first-order chi connectivity index (χ1) is 11.7. The fraction of sp³-hybridized carbons (Fsp3) is 0.167. The number of aryl methyl sites for hydroxylation is 1. The van der Waals surface area contributed by atoms with E-state index in [1.54, 1.807) is 6.07 Å².